The van der Waals surface area contributed by atoms with Gasteiger partial charge in [-0.3, -0.25) is 15.0 Å². The predicted octanol–water partition coefficient (Wildman–Crippen LogP) is 3.86. The van der Waals surface area contributed by atoms with Crippen LogP contribution >= 0.6 is 11.6 Å². The molecule has 7 heteroatoms. The van der Waals surface area contributed by atoms with Crippen molar-refractivity contribution in [1.82, 2.24) is 4.90 Å². The predicted molar refractivity (Wildman–Crippen MR) is 86.5 cm³/mol. The van der Waals surface area contributed by atoms with Gasteiger partial charge in [0.25, 0.3) is 5.69 Å². The molecule has 1 unspecified atom stereocenters. The molecule has 0 fully saturated rings. The standard InChI is InChI=1S/C15H18ClN3O3/c1-10-7-11(19(20)21)8-12(16)15(10)17-9-13(18(2)3)14-5-4-6-22-14/h4-8,13,17H,9H2,1-3H3. The van der Waals surface area contributed by atoms with Gasteiger partial charge in [0.05, 0.1) is 27.9 Å². The molecule has 118 valence electrons. The van der Waals surface area contributed by atoms with Gasteiger partial charge in [-0.2, -0.15) is 0 Å². The maximum atomic E-state index is 10.8. The molecule has 2 aromatic rings. The Morgan fingerprint density at radius 2 is 2.18 bits per heavy atom. The van der Waals surface area contributed by atoms with E-state index in [1.165, 1.54) is 12.1 Å². The molecule has 2 rings (SSSR count). The van der Waals surface area contributed by atoms with Gasteiger partial charge in [-0.15, -0.1) is 0 Å². The maximum Gasteiger partial charge on any atom is 0.271 e. The number of furan rings is 1. The first-order chi connectivity index (χ1) is 10.4. The van der Waals surface area contributed by atoms with Gasteiger partial charge in [-0.25, -0.2) is 0 Å². The highest BCUT2D eigenvalue weighted by Crippen LogP contribution is 2.31. The van der Waals surface area contributed by atoms with Crippen molar-refractivity contribution in [2.75, 3.05) is 26.0 Å². The van der Waals surface area contributed by atoms with Crippen LogP contribution in [-0.4, -0.2) is 30.5 Å². The quantitative estimate of drug-likeness (QED) is 0.645. The average molecular weight is 324 g/mol. The SMILES string of the molecule is Cc1cc([N+](=O)[O-])cc(Cl)c1NCC(c1ccco1)N(C)C. The molecule has 1 aromatic heterocycles. The first-order valence-corrected chi connectivity index (χ1v) is 7.16. The molecule has 1 aromatic carbocycles. The summed E-state index contributed by atoms with van der Waals surface area (Å²) >= 11 is 6.16. The summed E-state index contributed by atoms with van der Waals surface area (Å²) in [7, 11) is 3.92. The van der Waals surface area contributed by atoms with E-state index in [9.17, 15) is 10.1 Å². The molecule has 0 saturated carbocycles. The molecular weight excluding hydrogens is 306 g/mol. The van der Waals surface area contributed by atoms with Crippen LogP contribution in [0.1, 0.15) is 17.4 Å². The van der Waals surface area contributed by atoms with Gasteiger partial charge in [0.2, 0.25) is 0 Å². The van der Waals surface area contributed by atoms with E-state index in [0.29, 0.717) is 17.3 Å². The normalized spacial score (nSPS) is 12.4. The fourth-order valence-corrected chi connectivity index (χ4v) is 2.60. The summed E-state index contributed by atoms with van der Waals surface area (Å²) in [4.78, 5) is 12.4. The highest BCUT2D eigenvalue weighted by atomic mass is 35.5. The number of benzene rings is 1. The molecule has 1 atom stereocenters. The van der Waals surface area contributed by atoms with Crippen molar-refractivity contribution in [3.63, 3.8) is 0 Å². The number of non-ortho nitro benzene ring substituents is 1. The number of halogens is 1. The number of nitro benzene ring substituents is 1. The zero-order valence-electron chi connectivity index (χ0n) is 12.7. The Kier molecular flexibility index (Phi) is 5.05. The number of hydrogen-bond acceptors (Lipinski definition) is 5. The van der Waals surface area contributed by atoms with E-state index < -0.39 is 4.92 Å². The summed E-state index contributed by atoms with van der Waals surface area (Å²) in [6, 6.07) is 6.65. The van der Waals surface area contributed by atoms with Gasteiger partial charge in [-0.1, -0.05) is 11.6 Å². The van der Waals surface area contributed by atoms with Gasteiger partial charge in [-0.05, 0) is 38.7 Å². The minimum atomic E-state index is -0.450. The number of nitrogens with zero attached hydrogens (tertiary/aromatic N) is 2. The van der Waals surface area contributed by atoms with Crippen molar-refractivity contribution < 1.29 is 9.34 Å². The summed E-state index contributed by atoms with van der Waals surface area (Å²) in [5.41, 5.74) is 1.42. The molecule has 0 aliphatic carbocycles. The fraction of sp³-hybridized carbons (Fsp3) is 0.333. The summed E-state index contributed by atoms with van der Waals surface area (Å²) in [5, 5.41) is 14.4. The van der Waals surface area contributed by atoms with Crippen molar-refractivity contribution in [3.05, 3.63) is 57.0 Å². The van der Waals surface area contributed by atoms with E-state index in [1.54, 1.807) is 13.2 Å². The Balaban J connectivity index is 2.18. The lowest BCUT2D eigenvalue weighted by Crippen LogP contribution is -2.26. The molecule has 6 nitrogen and oxygen atoms in total. The van der Waals surface area contributed by atoms with Crippen LogP contribution < -0.4 is 5.32 Å². The molecule has 0 aliphatic heterocycles. The summed E-state index contributed by atoms with van der Waals surface area (Å²) < 4.78 is 5.45. The number of aryl methyl sites for hydroxylation is 1. The molecule has 1 heterocycles. The van der Waals surface area contributed by atoms with Crippen LogP contribution in [0.4, 0.5) is 11.4 Å². The van der Waals surface area contributed by atoms with E-state index >= 15 is 0 Å². The van der Waals surface area contributed by atoms with Crippen molar-refractivity contribution in [3.8, 4) is 0 Å². The van der Waals surface area contributed by atoms with Crippen molar-refractivity contribution in [2.45, 2.75) is 13.0 Å². The third kappa shape index (κ3) is 3.58. The van der Waals surface area contributed by atoms with Crippen LogP contribution in [0, 0.1) is 17.0 Å². The van der Waals surface area contributed by atoms with E-state index in [1.807, 2.05) is 31.1 Å². The molecular formula is C15H18ClN3O3. The second-order valence-corrected chi connectivity index (χ2v) is 5.66. The lowest BCUT2D eigenvalue weighted by molar-refractivity contribution is -0.384. The minimum absolute atomic E-state index is 0.0109. The van der Waals surface area contributed by atoms with Crippen molar-refractivity contribution in [2.24, 2.45) is 0 Å². The molecule has 0 bridgehead atoms. The highest BCUT2D eigenvalue weighted by Gasteiger charge is 2.19. The van der Waals surface area contributed by atoms with Crippen LogP contribution in [0.25, 0.3) is 0 Å². The largest absolute Gasteiger partial charge is 0.468 e. The molecule has 0 radical (unpaired) electrons. The first kappa shape index (κ1) is 16.3. The Morgan fingerprint density at radius 3 is 2.68 bits per heavy atom. The summed E-state index contributed by atoms with van der Waals surface area (Å²) in [6.07, 6.45) is 1.63. The maximum absolute atomic E-state index is 10.8. The first-order valence-electron chi connectivity index (χ1n) is 6.78. The van der Waals surface area contributed by atoms with Gasteiger partial charge < -0.3 is 9.73 Å². The molecule has 0 amide bonds. The van der Waals surface area contributed by atoms with Gasteiger partial charge >= 0.3 is 0 Å². The third-order valence-electron chi connectivity index (χ3n) is 3.45. The van der Waals surface area contributed by atoms with Crippen LogP contribution in [0.2, 0.25) is 5.02 Å². The monoisotopic (exact) mass is 323 g/mol. The number of nitro groups is 1. The molecule has 1 N–H and O–H groups in total. The Morgan fingerprint density at radius 1 is 1.45 bits per heavy atom. The number of likely N-dealkylation sites (N-methyl/N-ethyl adjacent to an activating group) is 1. The third-order valence-corrected chi connectivity index (χ3v) is 3.75. The van der Waals surface area contributed by atoms with E-state index in [2.05, 4.69) is 5.32 Å². The second-order valence-electron chi connectivity index (χ2n) is 5.25. The number of hydrogen-bond donors (Lipinski definition) is 1. The summed E-state index contributed by atoms with van der Waals surface area (Å²) in [5.74, 6) is 0.841. The zero-order valence-corrected chi connectivity index (χ0v) is 13.4. The average Bonchev–Trinajstić information content (AvgIpc) is 2.94. The molecule has 0 saturated heterocycles. The van der Waals surface area contributed by atoms with Crippen molar-refractivity contribution >= 4 is 23.0 Å². The second kappa shape index (κ2) is 6.81. The molecule has 0 spiro atoms. The zero-order chi connectivity index (χ0) is 16.3. The lowest BCUT2D eigenvalue weighted by atomic mass is 10.1. The Hall–Kier alpha value is -2.05. The van der Waals surface area contributed by atoms with Crippen molar-refractivity contribution in [1.29, 1.82) is 0 Å². The molecule has 22 heavy (non-hydrogen) atoms. The lowest BCUT2D eigenvalue weighted by Gasteiger charge is -2.24. The van der Waals surface area contributed by atoms with Crippen LogP contribution in [0.5, 0.6) is 0 Å². The number of anilines is 1. The minimum Gasteiger partial charge on any atom is -0.468 e. The van der Waals surface area contributed by atoms with Gasteiger partial charge in [0.1, 0.15) is 5.76 Å². The molecule has 0 aliphatic rings. The summed E-state index contributed by atoms with van der Waals surface area (Å²) in [6.45, 7) is 2.36. The highest BCUT2D eigenvalue weighted by molar-refractivity contribution is 6.33. The van der Waals surface area contributed by atoms with E-state index in [4.69, 9.17) is 16.0 Å². The van der Waals surface area contributed by atoms with Crippen LogP contribution in [-0.2, 0) is 0 Å². The van der Waals surface area contributed by atoms with Crippen LogP contribution in [0.15, 0.2) is 34.9 Å². The van der Waals surface area contributed by atoms with Gasteiger partial charge in [0.15, 0.2) is 0 Å². The van der Waals surface area contributed by atoms with Gasteiger partial charge in [0, 0.05) is 18.7 Å². The van der Waals surface area contributed by atoms with Crippen LogP contribution in [0.3, 0.4) is 0 Å². The van der Waals surface area contributed by atoms with E-state index in [-0.39, 0.29) is 11.7 Å². The number of rotatable bonds is 6. The Bertz CT molecular complexity index is 633. The van der Waals surface area contributed by atoms with E-state index in [0.717, 1.165) is 11.3 Å². The smallest absolute Gasteiger partial charge is 0.271 e. The number of nitrogens with one attached hydrogen (secondary N) is 1. The topological polar surface area (TPSA) is 71.5 Å². The fourth-order valence-electron chi connectivity index (χ4n) is 2.27. The Labute approximate surface area is 133 Å².